The fraction of sp³-hybridized carbons (Fsp3) is 0.500. The summed E-state index contributed by atoms with van der Waals surface area (Å²) in [7, 11) is 1.68. The molecule has 1 aromatic rings. The van der Waals surface area contributed by atoms with Crippen molar-refractivity contribution in [2.75, 3.05) is 30.9 Å². The van der Waals surface area contributed by atoms with Crippen LogP contribution in [0, 0.1) is 0 Å². The van der Waals surface area contributed by atoms with E-state index in [0.29, 0.717) is 19.6 Å². The van der Waals surface area contributed by atoms with Crippen LogP contribution in [0.4, 0.5) is 11.4 Å². The molecule has 1 aliphatic rings. The molecule has 4 heteroatoms. The van der Waals surface area contributed by atoms with Crippen molar-refractivity contribution >= 4 is 17.3 Å². The third kappa shape index (κ3) is 2.82. The van der Waals surface area contributed by atoms with Crippen LogP contribution in [0.5, 0.6) is 0 Å². The SMILES string of the molecule is COCCCN1C(=O)CCCc2cc(N)ccc21. The molecule has 0 atom stereocenters. The number of carbonyl (C=O) groups is 1. The monoisotopic (exact) mass is 248 g/mol. The van der Waals surface area contributed by atoms with E-state index < -0.39 is 0 Å². The average molecular weight is 248 g/mol. The number of carbonyl (C=O) groups excluding carboxylic acids is 1. The predicted octanol–water partition coefficient (Wildman–Crippen LogP) is 1.97. The van der Waals surface area contributed by atoms with Gasteiger partial charge in [0.1, 0.15) is 0 Å². The van der Waals surface area contributed by atoms with Gasteiger partial charge in [0.25, 0.3) is 0 Å². The van der Waals surface area contributed by atoms with E-state index >= 15 is 0 Å². The quantitative estimate of drug-likeness (QED) is 0.654. The molecule has 0 aromatic heterocycles. The van der Waals surface area contributed by atoms with Gasteiger partial charge in [-0.25, -0.2) is 0 Å². The molecule has 0 fully saturated rings. The number of nitrogens with zero attached hydrogens (tertiary/aromatic N) is 1. The first-order valence-corrected chi connectivity index (χ1v) is 6.40. The summed E-state index contributed by atoms with van der Waals surface area (Å²) in [6.45, 7) is 1.39. The summed E-state index contributed by atoms with van der Waals surface area (Å²) < 4.78 is 5.05. The lowest BCUT2D eigenvalue weighted by atomic mass is 10.1. The fourth-order valence-corrected chi connectivity index (χ4v) is 2.38. The molecule has 2 rings (SSSR count). The first kappa shape index (κ1) is 12.9. The van der Waals surface area contributed by atoms with Gasteiger partial charge in [-0.2, -0.15) is 0 Å². The van der Waals surface area contributed by atoms with Crippen molar-refractivity contribution in [3.05, 3.63) is 23.8 Å². The zero-order chi connectivity index (χ0) is 13.0. The van der Waals surface area contributed by atoms with Gasteiger partial charge in [-0.15, -0.1) is 0 Å². The Morgan fingerprint density at radius 1 is 1.39 bits per heavy atom. The fourth-order valence-electron chi connectivity index (χ4n) is 2.38. The molecule has 1 aliphatic heterocycles. The molecule has 0 saturated heterocycles. The Morgan fingerprint density at radius 3 is 3.00 bits per heavy atom. The van der Waals surface area contributed by atoms with Crippen LogP contribution in [0.3, 0.4) is 0 Å². The molecule has 0 aliphatic carbocycles. The Labute approximate surface area is 108 Å². The van der Waals surface area contributed by atoms with E-state index in [2.05, 4.69) is 0 Å². The second-order valence-electron chi connectivity index (χ2n) is 4.63. The standard InChI is InChI=1S/C14H20N2O2/c1-18-9-3-8-16-13-7-6-12(15)10-11(13)4-2-5-14(16)17/h6-7,10H,2-5,8-9,15H2,1H3. The van der Waals surface area contributed by atoms with Crippen LogP contribution in [0.25, 0.3) is 0 Å². The first-order chi connectivity index (χ1) is 8.72. The number of methoxy groups -OCH3 is 1. The number of hydrogen-bond acceptors (Lipinski definition) is 3. The van der Waals surface area contributed by atoms with Crippen LogP contribution in [-0.4, -0.2) is 26.2 Å². The maximum absolute atomic E-state index is 12.1. The Hall–Kier alpha value is -1.55. The Kier molecular flexibility index (Phi) is 4.20. The van der Waals surface area contributed by atoms with Gasteiger partial charge in [0.15, 0.2) is 0 Å². The van der Waals surface area contributed by atoms with Crippen LogP contribution < -0.4 is 10.6 Å². The van der Waals surface area contributed by atoms with Gasteiger partial charge in [-0.1, -0.05) is 0 Å². The Morgan fingerprint density at radius 2 is 2.22 bits per heavy atom. The van der Waals surface area contributed by atoms with Crippen molar-refractivity contribution in [3.63, 3.8) is 0 Å². The smallest absolute Gasteiger partial charge is 0.226 e. The zero-order valence-corrected chi connectivity index (χ0v) is 10.8. The van der Waals surface area contributed by atoms with E-state index in [1.165, 1.54) is 5.56 Å². The van der Waals surface area contributed by atoms with Crippen molar-refractivity contribution in [1.82, 2.24) is 0 Å². The van der Waals surface area contributed by atoms with Crippen molar-refractivity contribution in [2.45, 2.75) is 25.7 Å². The maximum Gasteiger partial charge on any atom is 0.226 e. The van der Waals surface area contributed by atoms with E-state index in [9.17, 15) is 4.79 Å². The van der Waals surface area contributed by atoms with Crippen molar-refractivity contribution in [2.24, 2.45) is 0 Å². The lowest BCUT2D eigenvalue weighted by Gasteiger charge is -2.23. The minimum Gasteiger partial charge on any atom is -0.399 e. The number of nitrogen functional groups attached to an aromatic ring is 1. The molecule has 0 radical (unpaired) electrons. The second-order valence-corrected chi connectivity index (χ2v) is 4.63. The Bertz CT molecular complexity index is 432. The first-order valence-electron chi connectivity index (χ1n) is 6.40. The van der Waals surface area contributed by atoms with Gasteiger partial charge < -0.3 is 15.4 Å². The van der Waals surface area contributed by atoms with E-state index in [-0.39, 0.29) is 5.91 Å². The van der Waals surface area contributed by atoms with Crippen LogP contribution in [0.1, 0.15) is 24.8 Å². The molecule has 0 spiro atoms. The summed E-state index contributed by atoms with van der Waals surface area (Å²) in [6, 6.07) is 5.80. The molecule has 0 saturated carbocycles. The maximum atomic E-state index is 12.1. The number of aryl methyl sites for hydroxylation is 1. The summed E-state index contributed by atoms with van der Waals surface area (Å²) in [6.07, 6.45) is 3.29. The number of fused-ring (bicyclic) bond motifs is 1. The molecule has 18 heavy (non-hydrogen) atoms. The minimum absolute atomic E-state index is 0.203. The molecular weight excluding hydrogens is 228 g/mol. The van der Waals surface area contributed by atoms with Crippen molar-refractivity contribution in [1.29, 1.82) is 0 Å². The lowest BCUT2D eigenvalue weighted by Crippen LogP contribution is -2.31. The normalized spacial score (nSPS) is 15.4. The summed E-state index contributed by atoms with van der Waals surface area (Å²) in [5, 5.41) is 0. The number of rotatable bonds is 4. The molecule has 2 N–H and O–H groups in total. The molecule has 0 unspecified atom stereocenters. The highest BCUT2D eigenvalue weighted by Crippen LogP contribution is 2.28. The molecular formula is C14H20N2O2. The van der Waals surface area contributed by atoms with Gasteiger partial charge in [-0.05, 0) is 43.0 Å². The van der Waals surface area contributed by atoms with E-state index in [1.54, 1.807) is 7.11 Å². The number of anilines is 2. The van der Waals surface area contributed by atoms with Gasteiger partial charge in [0.05, 0.1) is 0 Å². The number of benzene rings is 1. The minimum atomic E-state index is 0.203. The Balaban J connectivity index is 2.23. The second kappa shape index (κ2) is 5.87. The summed E-state index contributed by atoms with van der Waals surface area (Å²) in [4.78, 5) is 14.0. The third-order valence-electron chi connectivity index (χ3n) is 3.26. The average Bonchev–Trinajstić information content (AvgIpc) is 2.49. The van der Waals surface area contributed by atoms with E-state index in [0.717, 1.165) is 30.6 Å². The molecule has 1 aromatic carbocycles. The van der Waals surface area contributed by atoms with Crippen LogP contribution in [-0.2, 0) is 16.0 Å². The topological polar surface area (TPSA) is 55.6 Å². The number of hydrogen-bond donors (Lipinski definition) is 1. The molecule has 1 heterocycles. The van der Waals surface area contributed by atoms with Crippen molar-refractivity contribution in [3.8, 4) is 0 Å². The van der Waals surface area contributed by atoms with E-state index in [4.69, 9.17) is 10.5 Å². The molecule has 98 valence electrons. The highest BCUT2D eigenvalue weighted by atomic mass is 16.5. The highest BCUT2D eigenvalue weighted by molar-refractivity contribution is 5.95. The summed E-state index contributed by atoms with van der Waals surface area (Å²) in [5.41, 5.74) is 8.77. The largest absolute Gasteiger partial charge is 0.399 e. The van der Waals surface area contributed by atoms with Gasteiger partial charge in [0, 0.05) is 38.1 Å². The number of nitrogens with two attached hydrogens (primary N) is 1. The molecule has 1 amide bonds. The van der Waals surface area contributed by atoms with Crippen LogP contribution in [0.2, 0.25) is 0 Å². The predicted molar refractivity (Wildman–Crippen MR) is 72.6 cm³/mol. The van der Waals surface area contributed by atoms with Gasteiger partial charge in [0.2, 0.25) is 5.91 Å². The number of ether oxygens (including phenoxy) is 1. The van der Waals surface area contributed by atoms with Crippen LogP contribution in [0.15, 0.2) is 18.2 Å². The van der Waals surface area contributed by atoms with Gasteiger partial charge >= 0.3 is 0 Å². The summed E-state index contributed by atoms with van der Waals surface area (Å²) in [5.74, 6) is 0.203. The molecule has 4 nitrogen and oxygen atoms in total. The zero-order valence-electron chi connectivity index (χ0n) is 10.8. The summed E-state index contributed by atoms with van der Waals surface area (Å²) >= 11 is 0. The highest BCUT2D eigenvalue weighted by Gasteiger charge is 2.21. The third-order valence-corrected chi connectivity index (χ3v) is 3.26. The van der Waals surface area contributed by atoms with E-state index in [1.807, 2.05) is 23.1 Å². The number of amides is 1. The van der Waals surface area contributed by atoms with Gasteiger partial charge in [-0.3, -0.25) is 4.79 Å². The van der Waals surface area contributed by atoms with Crippen LogP contribution >= 0.6 is 0 Å². The lowest BCUT2D eigenvalue weighted by molar-refractivity contribution is -0.118. The van der Waals surface area contributed by atoms with Crippen molar-refractivity contribution < 1.29 is 9.53 Å². The molecule has 0 bridgehead atoms.